The van der Waals surface area contributed by atoms with Crippen molar-refractivity contribution in [3.63, 3.8) is 0 Å². The number of hydrogen-bond acceptors (Lipinski definition) is 2. The Kier molecular flexibility index (Phi) is 5.68. The lowest BCUT2D eigenvalue weighted by Gasteiger charge is -2.21. The van der Waals surface area contributed by atoms with Crippen LogP contribution in [-0.4, -0.2) is 31.6 Å². The molecule has 19 heavy (non-hydrogen) atoms. The van der Waals surface area contributed by atoms with Crippen LogP contribution in [-0.2, 0) is 0 Å². The average Bonchev–Trinajstić information content (AvgIpc) is 2.81. The molecule has 2 rings (SSSR count). The van der Waals surface area contributed by atoms with Crippen LogP contribution in [0.15, 0.2) is 24.3 Å². The van der Waals surface area contributed by atoms with Gasteiger partial charge < -0.3 is 10.2 Å². The molecular weight excluding hydrogens is 256 g/mol. The smallest absolute Gasteiger partial charge is 0.0406 e. The van der Waals surface area contributed by atoms with Crippen LogP contribution < -0.4 is 5.32 Å². The quantitative estimate of drug-likeness (QED) is 0.854. The molecule has 1 saturated heterocycles. The van der Waals surface area contributed by atoms with Gasteiger partial charge in [-0.2, -0.15) is 0 Å². The molecule has 2 nitrogen and oxygen atoms in total. The van der Waals surface area contributed by atoms with E-state index in [9.17, 15) is 0 Å². The summed E-state index contributed by atoms with van der Waals surface area (Å²) < 4.78 is 0. The molecule has 1 aliphatic heterocycles. The first-order chi connectivity index (χ1) is 9.19. The van der Waals surface area contributed by atoms with Crippen molar-refractivity contribution in [3.05, 3.63) is 34.9 Å². The van der Waals surface area contributed by atoms with Crippen LogP contribution in [0.25, 0.3) is 0 Å². The molecule has 0 amide bonds. The molecule has 106 valence electrons. The van der Waals surface area contributed by atoms with E-state index in [0.29, 0.717) is 6.04 Å². The number of likely N-dealkylation sites (tertiary alicyclic amines) is 1. The first kappa shape index (κ1) is 14.8. The van der Waals surface area contributed by atoms with E-state index in [0.717, 1.165) is 17.5 Å². The summed E-state index contributed by atoms with van der Waals surface area (Å²) in [5.74, 6) is 0.802. The van der Waals surface area contributed by atoms with E-state index in [4.69, 9.17) is 11.6 Å². The number of halogens is 1. The Morgan fingerprint density at radius 3 is 2.68 bits per heavy atom. The summed E-state index contributed by atoms with van der Waals surface area (Å²) in [6.07, 6.45) is 3.71. The van der Waals surface area contributed by atoms with Crippen molar-refractivity contribution >= 4 is 11.6 Å². The Hall–Kier alpha value is -0.570. The van der Waals surface area contributed by atoms with E-state index in [1.54, 1.807) is 0 Å². The third kappa shape index (κ3) is 4.48. The van der Waals surface area contributed by atoms with Gasteiger partial charge in [0.25, 0.3) is 0 Å². The number of benzene rings is 1. The van der Waals surface area contributed by atoms with E-state index >= 15 is 0 Å². The van der Waals surface area contributed by atoms with Crippen molar-refractivity contribution in [1.29, 1.82) is 0 Å². The van der Waals surface area contributed by atoms with Crippen LogP contribution in [0.1, 0.15) is 37.8 Å². The highest BCUT2D eigenvalue weighted by molar-refractivity contribution is 6.30. The van der Waals surface area contributed by atoms with Gasteiger partial charge in [0.05, 0.1) is 0 Å². The molecule has 0 radical (unpaired) electrons. The standard InChI is InChI=1S/C16H25ClN2/c1-3-4-16(14-5-7-15(17)8-6-14)18-11-13-9-10-19(2)12-13/h5-8,13,16,18H,3-4,9-12H2,1-2H3. The van der Waals surface area contributed by atoms with Gasteiger partial charge in [0, 0.05) is 17.6 Å². The lowest BCUT2D eigenvalue weighted by molar-refractivity contribution is 0.374. The second-order valence-electron chi connectivity index (χ2n) is 5.72. The highest BCUT2D eigenvalue weighted by Gasteiger charge is 2.20. The summed E-state index contributed by atoms with van der Waals surface area (Å²) in [6.45, 7) is 5.84. The molecule has 0 aromatic heterocycles. The molecule has 0 aliphatic carbocycles. The molecular formula is C16H25ClN2. The maximum Gasteiger partial charge on any atom is 0.0406 e. The molecule has 2 atom stereocenters. The van der Waals surface area contributed by atoms with Crippen molar-refractivity contribution in [2.24, 2.45) is 5.92 Å². The van der Waals surface area contributed by atoms with Crippen molar-refractivity contribution in [1.82, 2.24) is 10.2 Å². The lowest BCUT2D eigenvalue weighted by atomic mass is 10.0. The predicted octanol–water partition coefficient (Wildman–Crippen LogP) is 3.72. The second kappa shape index (κ2) is 7.28. The first-order valence-electron chi connectivity index (χ1n) is 7.36. The van der Waals surface area contributed by atoms with Crippen LogP contribution in [0, 0.1) is 5.92 Å². The van der Waals surface area contributed by atoms with Crippen molar-refractivity contribution in [2.75, 3.05) is 26.7 Å². The normalized spacial score (nSPS) is 21.7. The summed E-state index contributed by atoms with van der Waals surface area (Å²) in [5, 5.41) is 4.57. The summed E-state index contributed by atoms with van der Waals surface area (Å²) in [5.41, 5.74) is 1.36. The molecule has 1 N–H and O–H groups in total. The van der Waals surface area contributed by atoms with Crippen LogP contribution in [0.2, 0.25) is 5.02 Å². The Morgan fingerprint density at radius 1 is 1.37 bits per heavy atom. The van der Waals surface area contributed by atoms with Gasteiger partial charge in [-0.3, -0.25) is 0 Å². The Labute approximate surface area is 122 Å². The van der Waals surface area contributed by atoms with Crippen LogP contribution in [0.3, 0.4) is 0 Å². The summed E-state index contributed by atoms with van der Waals surface area (Å²) in [4.78, 5) is 2.42. The fourth-order valence-electron chi connectivity index (χ4n) is 2.87. The summed E-state index contributed by atoms with van der Waals surface area (Å²) >= 11 is 5.96. The van der Waals surface area contributed by atoms with Crippen LogP contribution in [0.4, 0.5) is 0 Å². The zero-order valence-electron chi connectivity index (χ0n) is 12.0. The molecule has 0 bridgehead atoms. The fourth-order valence-corrected chi connectivity index (χ4v) is 3.00. The fraction of sp³-hybridized carbons (Fsp3) is 0.625. The maximum atomic E-state index is 5.96. The number of nitrogens with one attached hydrogen (secondary N) is 1. The molecule has 0 spiro atoms. The summed E-state index contributed by atoms with van der Waals surface area (Å²) in [6, 6.07) is 8.75. The lowest BCUT2D eigenvalue weighted by Crippen LogP contribution is -2.28. The SMILES string of the molecule is CCCC(NCC1CCN(C)C1)c1ccc(Cl)cc1. The van der Waals surface area contributed by atoms with Crippen LogP contribution >= 0.6 is 11.6 Å². The second-order valence-corrected chi connectivity index (χ2v) is 6.15. The molecule has 0 saturated carbocycles. The molecule has 3 heteroatoms. The van der Waals surface area contributed by atoms with Crippen molar-refractivity contribution < 1.29 is 0 Å². The predicted molar refractivity (Wildman–Crippen MR) is 82.7 cm³/mol. The van der Waals surface area contributed by atoms with Gasteiger partial charge in [-0.05, 0) is 56.6 Å². The molecule has 1 aromatic carbocycles. The number of rotatable bonds is 6. The molecule has 1 aliphatic rings. The minimum atomic E-state index is 0.466. The van der Waals surface area contributed by atoms with Crippen molar-refractivity contribution in [3.8, 4) is 0 Å². The van der Waals surface area contributed by atoms with Gasteiger partial charge in [0.2, 0.25) is 0 Å². The molecule has 1 aromatic rings. The van der Waals surface area contributed by atoms with Gasteiger partial charge in [0.15, 0.2) is 0 Å². The van der Waals surface area contributed by atoms with E-state index < -0.39 is 0 Å². The monoisotopic (exact) mass is 280 g/mol. The zero-order chi connectivity index (χ0) is 13.7. The third-order valence-corrected chi connectivity index (χ3v) is 4.24. The first-order valence-corrected chi connectivity index (χ1v) is 7.74. The van der Waals surface area contributed by atoms with Gasteiger partial charge >= 0.3 is 0 Å². The number of nitrogens with zero attached hydrogens (tertiary/aromatic N) is 1. The van der Waals surface area contributed by atoms with E-state index in [2.05, 4.69) is 36.3 Å². The average molecular weight is 281 g/mol. The maximum absolute atomic E-state index is 5.96. The highest BCUT2D eigenvalue weighted by Crippen LogP contribution is 2.22. The minimum absolute atomic E-state index is 0.466. The molecule has 2 unspecified atom stereocenters. The van der Waals surface area contributed by atoms with Gasteiger partial charge in [-0.25, -0.2) is 0 Å². The van der Waals surface area contributed by atoms with Crippen molar-refractivity contribution in [2.45, 2.75) is 32.2 Å². The van der Waals surface area contributed by atoms with Gasteiger partial charge in [-0.15, -0.1) is 0 Å². The van der Waals surface area contributed by atoms with Gasteiger partial charge in [0.1, 0.15) is 0 Å². The number of hydrogen-bond donors (Lipinski definition) is 1. The Bertz CT molecular complexity index is 377. The van der Waals surface area contributed by atoms with E-state index in [1.165, 1.54) is 37.9 Å². The van der Waals surface area contributed by atoms with Crippen LogP contribution in [0.5, 0.6) is 0 Å². The molecule has 1 fully saturated rings. The van der Waals surface area contributed by atoms with Gasteiger partial charge in [-0.1, -0.05) is 37.1 Å². The Morgan fingerprint density at radius 2 is 2.11 bits per heavy atom. The van der Waals surface area contributed by atoms with E-state index in [-0.39, 0.29) is 0 Å². The third-order valence-electron chi connectivity index (χ3n) is 3.99. The topological polar surface area (TPSA) is 15.3 Å². The Balaban J connectivity index is 1.90. The summed E-state index contributed by atoms with van der Waals surface area (Å²) in [7, 11) is 2.21. The van der Waals surface area contributed by atoms with E-state index in [1.807, 2.05) is 12.1 Å². The zero-order valence-corrected chi connectivity index (χ0v) is 12.8. The highest BCUT2D eigenvalue weighted by atomic mass is 35.5. The largest absolute Gasteiger partial charge is 0.310 e. The molecule has 1 heterocycles. The minimum Gasteiger partial charge on any atom is -0.310 e.